The van der Waals surface area contributed by atoms with Crippen molar-refractivity contribution in [3.8, 4) is 57.1 Å². The van der Waals surface area contributed by atoms with Crippen LogP contribution in [0.15, 0.2) is 60.7 Å². The van der Waals surface area contributed by atoms with Crippen molar-refractivity contribution in [1.82, 2.24) is 0 Å². The van der Waals surface area contributed by atoms with Gasteiger partial charge in [0.25, 0.3) is 0 Å². The highest BCUT2D eigenvalue weighted by Crippen LogP contribution is 2.51. The van der Waals surface area contributed by atoms with Crippen molar-refractivity contribution in [2.24, 2.45) is 11.8 Å². The molecule has 1 aliphatic rings. The van der Waals surface area contributed by atoms with E-state index in [0.29, 0.717) is 40.5 Å². The maximum absolute atomic E-state index is 11.5. The van der Waals surface area contributed by atoms with Gasteiger partial charge in [0.15, 0.2) is 41.3 Å². The molecule has 0 aliphatic carbocycles. The Morgan fingerprint density at radius 2 is 1.49 bits per heavy atom. The van der Waals surface area contributed by atoms with Crippen molar-refractivity contribution in [3.05, 3.63) is 82.9 Å². The number of ether oxygens (including phenoxy) is 6. The van der Waals surface area contributed by atoms with Crippen molar-refractivity contribution in [3.63, 3.8) is 0 Å². The van der Waals surface area contributed by atoms with Gasteiger partial charge in [-0.15, -0.1) is 0 Å². The van der Waals surface area contributed by atoms with Gasteiger partial charge in [0.1, 0.15) is 17.6 Å². The Bertz CT molecular complexity index is 1870. The van der Waals surface area contributed by atoms with Crippen molar-refractivity contribution < 1.29 is 59.1 Å². The van der Waals surface area contributed by atoms with E-state index in [4.69, 9.17) is 28.4 Å². The number of aryl methyl sites for hydroxylation is 1. The van der Waals surface area contributed by atoms with E-state index >= 15 is 0 Å². The molecule has 0 saturated carbocycles. The minimum Gasteiger partial charge on any atom is -0.504 e. The molecule has 1 aliphatic heterocycles. The number of benzene rings is 4. The molecular formula is C40H48O12S. The van der Waals surface area contributed by atoms with Gasteiger partial charge in [-0.25, -0.2) is 0 Å². The van der Waals surface area contributed by atoms with Gasteiger partial charge in [-0.2, -0.15) is 11.8 Å². The zero-order valence-corrected chi connectivity index (χ0v) is 31.4. The van der Waals surface area contributed by atoms with E-state index in [-0.39, 0.29) is 70.5 Å². The number of phenolic OH excluding ortho intramolecular Hbond substituents is 3. The van der Waals surface area contributed by atoms with E-state index in [0.717, 1.165) is 11.1 Å². The predicted molar refractivity (Wildman–Crippen MR) is 201 cm³/mol. The fraction of sp³-hybridized carbons (Fsp3) is 0.400. The number of phenols is 3. The first-order valence-corrected chi connectivity index (χ1v) is 18.4. The Kier molecular flexibility index (Phi) is 13.1. The zero-order chi connectivity index (χ0) is 38.4. The smallest absolute Gasteiger partial charge is 0.186 e. The first kappa shape index (κ1) is 39.7. The lowest BCUT2D eigenvalue weighted by molar-refractivity contribution is 0.0716. The molecule has 4 aromatic rings. The number of hydrogen-bond acceptors (Lipinski definition) is 13. The van der Waals surface area contributed by atoms with Crippen LogP contribution >= 0.6 is 11.8 Å². The molecule has 0 bridgehead atoms. The third-order valence-electron chi connectivity index (χ3n) is 9.96. The van der Waals surface area contributed by atoms with Crippen LogP contribution in [-0.2, 0) is 4.74 Å². The molecule has 12 nitrogen and oxygen atoms in total. The number of aliphatic hydroxyl groups is 3. The van der Waals surface area contributed by atoms with E-state index in [1.807, 2.05) is 37.4 Å². The van der Waals surface area contributed by atoms with Crippen LogP contribution in [0.3, 0.4) is 0 Å². The van der Waals surface area contributed by atoms with E-state index in [9.17, 15) is 30.6 Å². The zero-order valence-electron chi connectivity index (χ0n) is 30.6. The predicted octanol–water partition coefficient (Wildman–Crippen LogP) is 6.08. The quantitative estimate of drug-likeness (QED) is 0.0728. The average molecular weight is 753 g/mol. The van der Waals surface area contributed by atoms with E-state index in [1.165, 1.54) is 27.4 Å². The number of rotatable bonds is 16. The first-order chi connectivity index (χ1) is 25.5. The normalized spacial score (nSPS) is 18.6. The van der Waals surface area contributed by atoms with Crippen molar-refractivity contribution in [2.75, 3.05) is 54.2 Å². The molecule has 5 rings (SSSR count). The second kappa shape index (κ2) is 17.5. The SMILES string of the molecule is COc1cc(C(SC)C2COC(c3ccc(OC(CO)C(C)c4cc(C)c(O)c(OC)c4)c(-c4cc(OCO)cc(OC)c4O)c3)C2CO)ccc1O. The summed E-state index contributed by atoms with van der Waals surface area (Å²) in [6.45, 7) is 2.83. The third kappa shape index (κ3) is 8.19. The van der Waals surface area contributed by atoms with Gasteiger partial charge in [-0.3, -0.25) is 0 Å². The minimum atomic E-state index is -0.781. The summed E-state index contributed by atoms with van der Waals surface area (Å²) in [4.78, 5) is 0. The number of hydrogen-bond donors (Lipinski definition) is 6. The highest BCUT2D eigenvalue weighted by atomic mass is 32.2. The number of aliphatic hydroxyl groups excluding tert-OH is 3. The van der Waals surface area contributed by atoms with Gasteiger partial charge in [0, 0.05) is 46.8 Å². The molecule has 0 radical (unpaired) electrons. The van der Waals surface area contributed by atoms with E-state index < -0.39 is 19.0 Å². The maximum atomic E-state index is 11.5. The van der Waals surface area contributed by atoms with Gasteiger partial charge in [-0.05, 0) is 71.8 Å². The Balaban J connectivity index is 1.58. The van der Waals surface area contributed by atoms with Crippen molar-refractivity contribution in [1.29, 1.82) is 0 Å². The van der Waals surface area contributed by atoms with E-state index in [1.54, 1.807) is 49.0 Å². The number of aromatic hydroxyl groups is 3. The van der Waals surface area contributed by atoms with Crippen LogP contribution in [0.2, 0.25) is 0 Å². The summed E-state index contributed by atoms with van der Waals surface area (Å²) in [6, 6.07) is 17.1. The van der Waals surface area contributed by atoms with Crippen LogP contribution in [0.5, 0.6) is 46.0 Å². The fourth-order valence-corrected chi connectivity index (χ4v) is 8.06. The van der Waals surface area contributed by atoms with Crippen molar-refractivity contribution in [2.45, 2.75) is 37.2 Å². The third-order valence-corrected chi connectivity index (χ3v) is 11.1. The van der Waals surface area contributed by atoms with Gasteiger partial charge >= 0.3 is 0 Å². The second-order valence-electron chi connectivity index (χ2n) is 12.9. The molecule has 1 fully saturated rings. The Labute approximate surface area is 313 Å². The van der Waals surface area contributed by atoms with Crippen LogP contribution in [0.4, 0.5) is 0 Å². The standard InChI is InChI=1S/C40H48O12S/c1-21-11-25(14-34(48-4)37(21)45)22(2)36(18-42)52-32-10-8-23(12-27(32)28-15-26(51-20-43)16-35(49-5)38(28)46)39-29(17-41)30(19-50-39)40(53-6)24-7-9-31(44)33(13-24)47-3/h7-16,22,29-30,36,39-46H,17-20H2,1-6H3. The number of thioether (sulfide) groups is 1. The average Bonchev–Trinajstić information content (AvgIpc) is 3.59. The lowest BCUT2D eigenvalue weighted by atomic mass is 9.83. The molecule has 6 atom stereocenters. The Hall–Kier alpha value is -4.53. The summed E-state index contributed by atoms with van der Waals surface area (Å²) in [7, 11) is 4.36. The molecule has 0 amide bonds. The second-order valence-corrected chi connectivity index (χ2v) is 13.9. The topological polar surface area (TPSA) is 177 Å². The first-order valence-electron chi connectivity index (χ1n) is 17.1. The highest BCUT2D eigenvalue weighted by molar-refractivity contribution is 7.98. The maximum Gasteiger partial charge on any atom is 0.186 e. The van der Waals surface area contributed by atoms with Gasteiger partial charge in [0.05, 0.1) is 40.6 Å². The molecule has 6 unspecified atom stereocenters. The minimum absolute atomic E-state index is 0.0291. The molecule has 0 spiro atoms. The van der Waals surface area contributed by atoms with Crippen LogP contribution < -0.4 is 23.7 Å². The monoisotopic (exact) mass is 752 g/mol. The highest BCUT2D eigenvalue weighted by Gasteiger charge is 2.43. The van der Waals surface area contributed by atoms with Gasteiger partial charge in [-0.1, -0.05) is 25.1 Å². The van der Waals surface area contributed by atoms with Crippen LogP contribution in [-0.4, -0.2) is 90.9 Å². The molecule has 1 saturated heterocycles. The molecule has 53 heavy (non-hydrogen) atoms. The summed E-state index contributed by atoms with van der Waals surface area (Å²) in [5.41, 5.74) is 3.68. The largest absolute Gasteiger partial charge is 0.504 e. The lowest BCUT2D eigenvalue weighted by Gasteiger charge is -2.29. The summed E-state index contributed by atoms with van der Waals surface area (Å²) in [6.07, 6.45) is 0.658. The molecule has 13 heteroatoms. The lowest BCUT2D eigenvalue weighted by Crippen LogP contribution is -2.28. The summed E-state index contributed by atoms with van der Waals surface area (Å²) >= 11 is 1.62. The molecule has 0 aromatic heterocycles. The molecule has 1 heterocycles. The van der Waals surface area contributed by atoms with Crippen LogP contribution in [0.25, 0.3) is 11.1 Å². The Morgan fingerprint density at radius 1 is 0.792 bits per heavy atom. The van der Waals surface area contributed by atoms with Gasteiger partial charge in [0.2, 0.25) is 0 Å². The molecule has 4 aromatic carbocycles. The number of methoxy groups -OCH3 is 3. The van der Waals surface area contributed by atoms with Crippen LogP contribution in [0.1, 0.15) is 46.4 Å². The molecule has 6 N–H and O–H groups in total. The van der Waals surface area contributed by atoms with Crippen molar-refractivity contribution >= 4 is 11.8 Å². The Morgan fingerprint density at radius 3 is 2.13 bits per heavy atom. The van der Waals surface area contributed by atoms with Crippen LogP contribution in [0, 0.1) is 18.8 Å². The summed E-state index contributed by atoms with van der Waals surface area (Å²) < 4.78 is 34.6. The fourth-order valence-electron chi connectivity index (χ4n) is 7.01. The van der Waals surface area contributed by atoms with E-state index in [2.05, 4.69) is 0 Å². The molecular weight excluding hydrogens is 704 g/mol. The summed E-state index contributed by atoms with van der Waals surface area (Å²) in [5, 5.41) is 63.0. The molecule has 286 valence electrons. The van der Waals surface area contributed by atoms with Gasteiger partial charge < -0.3 is 59.1 Å². The summed E-state index contributed by atoms with van der Waals surface area (Å²) in [5.74, 6) is 0.315.